The predicted octanol–water partition coefficient (Wildman–Crippen LogP) is 4.66. The van der Waals surface area contributed by atoms with Crippen LogP contribution in [0.2, 0.25) is 0 Å². The number of aliphatic hydroxyl groups excluding tert-OH is 1. The first-order chi connectivity index (χ1) is 22.9. The third-order valence-corrected chi connectivity index (χ3v) is 9.52. The Kier molecular flexibility index (Phi) is 24.6. The summed E-state index contributed by atoms with van der Waals surface area (Å²) in [5.41, 5.74) is 8.06. The van der Waals surface area contributed by atoms with Crippen molar-refractivity contribution in [3.05, 3.63) is 29.3 Å². The number of unbranched alkanes of at least 4 members (excludes halogenated alkanes) is 2. The minimum Gasteiger partial charge on any atom is -0.493 e. The molecule has 13 heteroatoms. The van der Waals surface area contributed by atoms with Gasteiger partial charge in [-0.2, -0.15) is 0 Å². The molecule has 11 nitrogen and oxygen atoms in total. The minimum absolute atomic E-state index is 0. The number of nitrogens with two attached hydrogens (primary N) is 1. The topological polar surface area (TPSA) is 146 Å². The summed E-state index contributed by atoms with van der Waals surface area (Å²) in [7, 11) is 1.68. The molecule has 5 N–H and O–H groups in total. The zero-order chi connectivity index (χ0) is 35.6. The number of benzene rings is 1. The quantitative estimate of drug-likeness (QED) is 0.125. The molecule has 0 bridgehead atoms. The van der Waals surface area contributed by atoms with Crippen molar-refractivity contribution >= 4 is 42.5 Å². The maximum atomic E-state index is 13.6. The van der Waals surface area contributed by atoms with E-state index in [4.69, 9.17) is 15.2 Å². The number of ether oxygens (including phenoxy) is 2. The summed E-state index contributed by atoms with van der Waals surface area (Å²) >= 11 is 0. The monoisotopic (exact) mass is 747 g/mol. The number of rotatable bonds is 22. The van der Waals surface area contributed by atoms with Crippen molar-refractivity contribution < 1.29 is 29.0 Å². The highest BCUT2D eigenvalue weighted by molar-refractivity contribution is 5.97. The maximum absolute atomic E-state index is 13.6. The first-order valence-electron chi connectivity index (χ1n) is 18.1. The van der Waals surface area contributed by atoms with Crippen LogP contribution >= 0.6 is 24.8 Å². The Labute approximate surface area is 314 Å². The van der Waals surface area contributed by atoms with Crippen molar-refractivity contribution in [1.29, 1.82) is 0 Å². The second kappa shape index (κ2) is 25.7. The van der Waals surface area contributed by atoms with Gasteiger partial charge in [0.2, 0.25) is 11.8 Å². The van der Waals surface area contributed by atoms with Gasteiger partial charge in [0.15, 0.2) is 0 Å². The molecule has 1 heterocycles. The van der Waals surface area contributed by atoms with Crippen molar-refractivity contribution in [2.45, 2.75) is 98.8 Å². The lowest BCUT2D eigenvalue weighted by Gasteiger charge is -2.34. The number of nitrogens with one attached hydrogen (secondary N) is 2. The van der Waals surface area contributed by atoms with Gasteiger partial charge in [-0.1, -0.05) is 47.1 Å². The van der Waals surface area contributed by atoms with Crippen LogP contribution in [-0.4, -0.2) is 104 Å². The van der Waals surface area contributed by atoms with Crippen LogP contribution in [0, 0.1) is 23.7 Å². The highest BCUT2D eigenvalue weighted by Gasteiger charge is 2.30. The first kappa shape index (κ1) is 47.8. The largest absolute Gasteiger partial charge is 0.493 e. The van der Waals surface area contributed by atoms with E-state index in [0.29, 0.717) is 70.1 Å². The summed E-state index contributed by atoms with van der Waals surface area (Å²) in [6, 6.07) is 5.23. The molecule has 0 spiro atoms. The molecule has 2 rings (SSSR count). The zero-order valence-electron chi connectivity index (χ0n) is 31.6. The standard InChI is InChI=1S/C37H65N5O6.2ClH/c1-8-9-14-39-37(46)32(27(4)5)23-34(44)33(38)22-30(26(2)3)24-40-36(45)31-13-12-29(21-35(31)48-20-11-10-19-47-7)25-41-15-17-42(18-16-41)28(6)43;;/h12-13,21,26-27,30,32-34,44H,8-11,14-20,22-25,38H2,1-7H3,(H,39,46)(H,40,45);2*1H/t30-,32+,33+,34+;;/m1../s1. The first-order valence-corrected chi connectivity index (χ1v) is 18.1. The van der Waals surface area contributed by atoms with Crippen molar-refractivity contribution in [3.8, 4) is 5.75 Å². The van der Waals surface area contributed by atoms with Gasteiger partial charge < -0.3 is 35.8 Å². The molecule has 1 aliphatic rings. The molecule has 0 aromatic heterocycles. The van der Waals surface area contributed by atoms with E-state index in [1.807, 2.05) is 36.9 Å². The van der Waals surface area contributed by atoms with E-state index in [2.05, 4.69) is 36.3 Å². The van der Waals surface area contributed by atoms with E-state index in [1.165, 1.54) is 0 Å². The van der Waals surface area contributed by atoms with E-state index in [1.54, 1.807) is 14.0 Å². The number of nitrogens with zero attached hydrogens (tertiary/aromatic N) is 2. The molecule has 1 aliphatic heterocycles. The second-order valence-corrected chi connectivity index (χ2v) is 14.1. The van der Waals surface area contributed by atoms with E-state index < -0.39 is 12.1 Å². The fourth-order valence-electron chi connectivity index (χ4n) is 6.04. The van der Waals surface area contributed by atoms with Crippen LogP contribution in [0.5, 0.6) is 5.75 Å². The van der Waals surface area contributed by atoms with Crippen molar-refractivity contribution in [1.82, 2.24) is 20.4 Å². The SMILES string of the molecule is CCCCNC(=O)[C@@H](C[C@H](O)[C@@H](N)C[C@H](CNC(=O)c1ccc(CN2CCN(C(C)=O)CC2)cc1OCCCCOC)C(C)C)C(C)C.Cl.Cl. The van der Waals surface area contributed by atoms with Crippen LogP contribution in [0.3, 0.4) is 0 Å². The van der Waals surface area contributed by atoms with Crippen LogP contribution in [0.15, 0.2) is 18.2 Å². The van der Waals surface area contributed by atoms with Gasteiger partial charge in [0.05, 0.1) is 18.3 Å². The summed E-state index contributed by atoms with van der Waals surface area (Å²) in [5.74, 6) is 0.408. The maximum Gasteiger partial charge on any atom is 0.255 e. The molecule has 1 aromatic carbocycles. The van der Waals surface area contributed by atoms with Gasteiger partial charge in [-0.05, 0) is 67.6 Å². The number of piperazine rings is 1. The number of carbonyl (C=O) groups is 3. The summed E-state index contributed by atoms with van der Waals surface area (Å²) in [6.07, 6.45) is 3.58. The molecule has 50 heavy (non-hydrogen) atoms. The Bertz CT molecular complexity index is 1120. The van der Waals surface area contributed by atoms with Crippen LogP contribution < -0.4 is 21.1 Å². The van der Waals surface area contributed by atoms with Gasteiger partial charge in [0.25, 0.3) is 5.91 Å². The number of hydrogen-bond acceptors (Lipinski definition) is 8. The molecule has 1 aromatic rings. The lowest BCUT2D eigenvalue weighted by Crippen LogP contribution is -2.47. The van der Waals surface area contributed by atoms with Gasteiger partial charge >= 0.3 is 0 Å². The Balaban J connectivity index is 0.0000120. The van der Waals surface area contributed by atoms with Crippen molar-refractivity contribution in [2.75, 3.05) is 59.6 Å². The Morgan fingerprint density at radius 1 is 0.940 bits per heavy atom. The number of hydrogen-bond donors (Lipinski definition) is 4. The predicted molar refractivity (Wildman–Crippen MR) is 205 cm³/mol. The average molecular weight is 749 g/mol. The number of methoxy groups -OCH3 is 1. The molecular formula is C37H67Cl2N5O6. The lowest BCUT2D eigenvalue weighted by molar-refractivity contribution is -0.130. The third kappa shape index (κ3) is 16.9. The molecular weight excluding hydrogens is 681 g/mol. The molecule has 0 saturated carbocycles. The van der Waals surface area contributed by atoms with Gasteiger partial charge in [-0.3, -0.25) is 19.3 Å². The highest BCUT2D eigenvalue weighted by atomic mass is 35.5. The van der Waals surface area contributed by atoms with Crippen LogP contribution in [0.4, 0.5) is 0 Å². The molecule has 0 aliphatic carbocycles. The van der Waals surface area contributed by atoms with Crippen molar-refractivity contribution in [2.24, 2.45) is 29.4 Å². The van der Waals surface area contributed by atoms with Crippen LogP contribution in [0.1, 0.15) is 96.0 Å². The van der Waals surface area contributed by atoms with Gasteiger partial charge in [-0.25, -0.2) is 0 Å². The Hall–Kier alpha value is -2.15. The van der Waals surface area contributed by atoms with Gasteiger partial charge in [-0.15, -0.1) is 24.8 Å². The summed E-state index contributed by atoms with van der Waals surface area (Å²) in [6.45, 7) is 17.8. The normalized spacial score (nSPS) is 15.8. The zero-order valence-corrected chi connectivity index (χ0v) is 33.2. The highest BCUT2D eigenvalue weighted by Crippen LogP contribution is 2.25. The summed E-state index contributed by atoms with van der Waals surface area (Å²) in [5, 5.41) is 17.2. The average Bonchev–Trinajstić information content (AvgIpc) is 3.05. The lowest BCUT2D eigenvalue weighted by atomic mass is 9.83. The van der Waals surface area contributed by atoms with Crippen LogP contribution in [0.25, 0.3) is 0 Å². The Morgan fingerprint density at radius 2 is 1.60 bits per heavy atom. The van der Waals surface area contributed by atoms with E-state index >= 15 is 0 Å². The molecule has 0 unspecified atom stereocenters. The van der Waals surface area contributed by atoms with E-state index in [0.717, 1.165) is 44.3 Å². The molecule has 290 valence electrons. The fraction of sp³-hybridized carbons (Fsp3) is 0.757. The van der Waals surface area contributed by atoms with E-state index in [9.17, 15) is 19.5 Å². The van der Waals surface area contributed by atoms with Crippen LogP contribution in [-0.2, 0) is 20.9 Å². The second-order valence-electron chi connectivity index (χ2n) is 14.1. The van der Waals surface area contributed by atoms with Gasteiger partial charge in [0, 0.05) is 78.4 Å². The number of carbonyl (C=O) groups excluding carboxylic acids is 3. The Morgan fingerprint density at radius 3 is 2.18 bits per heavy atom. The van der Waals surface area contributed by atoms with E-state index in [-0.39, 0.29) is 66.2 Å². The summed E-state index contributed by atoms with van der Waals surface area (Å²) in [4.78, 5) is 42.3. The number of aliphatic hydroxyl groups is 1. The summed E-state index contributed by atoms with van der Waals surface area (Å²) < 4.78 is 11.3. The number of amides is 3. The smallest absolute Gasteiger partial charge is 0.255 e. The minimum atomic E-state index is -0.831. The third-order valence-electron chi connectivity index (χ3n) is 9.52. The molecule has 0 radical (unpaired) electrons. The molecule has 3 amide bonds. The number of halogens is 2. The fourth-order valence-corrected chi connectivity index (χ4v) is 6.04. The van der Waals surface area contributed by atoms with Gasteiger partial charge in [0.1, 0.15) is 5.75 Å². The van der Waals surface area contributed by atoms with Crippen molar-refractivity contribution in [3.63, 3.8) is 0 Å². The molecule has 1 fully saturated rings. The molecule has 1 saturated heterocycles. The molecule has 4 atom stereocenters.